The summed E-state index contributed by atoms with van der Waals surface area (Å²) in [6, 6.07) is 1.44. The number of aliphatic hydroxyl groups is 2. The number of halogens is 2. The van der Waals surface area contributed by atoms with Crippen molar-refractivity contribution in [3.8, 4) is 0 Å². The van der Waals surface area contributed by atoms with Crippen LogP contribution in [-0.2, 0) is 16.0 Å². The maximum Gasteiger partial charge on any atom is 0.223 e. The predicted molar refractivity (Wildman–Crippen MR) is 96.8 cm³/mol. The molecule has 8 heteroatoms. The lowest BCUT2D eigenvalue weighted by Crippen LogP contribution is -2.49. The van der Waals surface area contributed by atoms with Gasteiger partial charge in [-0.05, 0) is 37.0 Å². The molecule has 0 saturated carbocycles. The van der Waals surface area contributed by atoms with Gasteiger partial charge in [-0.3, -0.25) is 9.59 Å². The molecule has 2 unspecified atom stereocenters. The zero-order valence-corrected chi connectivity index (χ0v) is 15.8. The van der Waals surface area contributed by atoms with E-state index in [4.69, 9.17) is 0 Å². The Morgan fingerprint density at radius 1 is 1.15 bits per heavy atom. The Morgan fingerprint density at radius 3 is 2.22 bits per heavy atom. The van der Waals surface area contributed by atoms with Crippen molar-refractivity contribution in [2.45, 2.75) is 58.2 Å². The topological polar surface area (TPSA) is 98.7 Å². The minimum absolute atomic E-state index is 0.00706. The van der Waals surface area contributed by atoms with Crippen LogP contribution in [0, 0.1) is 17.6 Å². The van der Waals surface area contributed by atoms with Crippen molar-refractivity contribution in [2.75, 3.05) is 6.61 Å². The minimum Gasteiger partial charge on any atom is -0.394 e. The Morgan fingerprint density at radius 2 is 1.74 bits per heavy atom. The lowest BCUT2D eigenvalue weighted by molar-refractivity contribution is -0.126. The quantitative estimate of drug-likeness (QED) is 0.487. The van der Waals surface area contributed by atoms with Crippen LogP contribution in [0.3, 0.4) is 0 Å². The third-order valence-electron chi connectivity index (χ3n) is 4.38. The molecule has 4 atom stereocenters. The highest BCUT2D eigenvalue weighted by Crippen LogP contribution is 2.14. The Kier molecular flexibility index (Phi) is 9.31. The van der Waals surface area contributed by atoms with Gasteiger partial charge in [0, 0.05) is 18.9 Å². The van der Waals surface area contributed by atoms with Gasteiger partial charge in [0.05, 0.1) is 24.8 Å². The monoisotopic (exact) mass is 386 g/mol. The van der Waals surface area contributed by atoms with Gasteiger partial charge in [-0.2, -0.15) is 0 Å². The highest BCUT2D eigenvalue weighted by atomic mass is 19.1. The van der Waals surface area contributed by atoms with Gasteiger partial charge < -0.3 is 20.8 Å². The summed E-state index contributed by atoms with van der Waals surface area (Å²) in [4.78, 5) is 23.4. The van der Waals surface area contributed by atoms with Crippen LogP contribution in [0.1, 0.15) is 39.2 Å². The Hall–Kier alpha value is -2.06. The fraction of sp³-hybridized carbons (Fsp3) is 0.579. The molecule has 0 aromatic heterocycles. The number of hydrogen-bond donors (Lipinski definition) is 4. The van der Waals surface area contributed by atoms with Crippen molar-refractivity contribution >= 4 is 11.8 Å². The van der Waals surface area contributed by atoms with E-state index in [0.717, 1.165) is 18.2 Å². The van der Waals surface area contributed by atoms with Crippen molar-refractivity contribution in [1.29, 1.82) is 0 Å². The van der Waals surface area contributed by atoms with Crippen LogP contribution in [0.25, 0.3) is 0 Å². The van der Waals surface area contributed by atoms with Gasteiger partial charge in [0.15, 0.2) is 0 Å². The van der Waals surface area contributed by atoms with Gasteiger partial charge in [0.2, 0.25) is 11.8 Å². The lowest BCUT2D eigenvalue weighted by atomic mass is 9.96. The number of rotatable bonds is 10. The molecule has 0 fully saturated rings. The normalized spacial score (nSPS) is 15.5. The average Bonchev–Trinajstić information content (AvgIpc) is 2.58. The summed E-state index contributed by atoms with van der Waals surface area (Å²) in [5.41, 5.74) is 0.273. The molecule has 1 rings (SSSR count). The highest BCUT2D eigenvalue weighted by molar-refractivity contribution is 5.78. The van der Waals surface area contributed by atoms with Crippen LogP contribution in [-0.4, -0.2) is 46.8 Å². The van der Waals surface area contributed by atoms with E-state index in [1.807, 2.05) is 6.92 Å². The molecule has 4 N–H and O–H groups in total. The Balaban J connectivity index is 2.85. The molecule has 6 nitrogen and oxygen atoms in total. The fourth-order valence-corrected chi connectivity index (χ4v) is 2.69. The number of aliphatic hydroxyl groups excluding tert-OH is 2. The van der Waals surface area contributed by atoms with E-state index in [1.165, 1.54) is 6.92 Å². The zero-order chi connectivity index (χ0) is 20.6. The van der Waals surface area contributed by atoms with Crippen LogP contribution < -0.4 is 10.6 Å². The van der Waals surface area contributed by atoms with Crippen molar-refractivity contribution in [3.63, 3.8) is 0 Å². The maximum absolute atomic E-state index is 13.4. The summed E-state index contributed by atoms with van der Waals surface area (Å²) >= 11 is 0. The summed E-state index contributed by atoms with van der Waals surface area (Å²) < 4.78 is 26.8. The highest BCUT2D eigenvalue weighted by Gasteiger charge is 2.26. The van der Waals surface area contributed by atoms with E-state index in [0.29, 0.717) is 6.42 Å². The molecule has 152 valence electrons. The first-order valence-electron chi connectivity index (χ1n) is 8.97. The summed E-state index contributed by atoms with van der Waals surface area (Å²) in [6.45, 7) is 4.48. The smallest absolute Gasteiger partial charge is 0.223 e. The maximum atomic E-state index is 13.4. The molecule has 0 spiro atoms. The number of benzene rings is 1. The van der Waals surface area contributed by atoms with E-state index in [9.17, 15) is 28.6 Å². The first-order valence-corrected chi connectivity index (χ1v) is 8.97. The molecular weight excluding hydrogens is 358 g/mol. The molecule has 0 aliphatic heterocycles. The summed E-state index contributed by atoms with van der Waals surface area (Å²) in [5.74, 6) is -2.41. The van der Waals surface area contributed by atoms with Crippen molar-refractivity contribution < 1.29 is 28.6 Å². The zero-order valence-electron chi connectivity index (χ0n) is 15.8. The van der Waals surface area contributed by atoms with Gasteiger partial charge in [0.1, 0.15) is 11.6 Å². The molecule has 0 aliphatic carbocycles. The first-order chi connectivity index (χ1) is 12.7. The third-order valence-corrected chi connectivity index (χ3v) is 4.38. The number of carbonyl (C=O) groups is 2. The van der Waals surface area contributed by atoms with Crippen molar-refractivity contribution in [2.24, 2.45) is 5.92 Å². The number of carbonyl (C=O) groups excluding carboxylic acids is 2. The standard InChI is InChI=1S/C19H28F2N2O4/c1-4-11(2)19(27)23-16(10-24)9-18(26)17(22-12(3)25)7-13-5-14(20)8-15(21)6-13/h5-6,8,11,16-18,24,26H,4,7,9-10H2,1-3H3,(H,22,25)(H,23,27)/t11?,16?,17-,18-/m0/s1. The van der Waals surface area contributed by atoms with E-state index >= 15 is 0 Å². The molecule has 0 bridgehead atoms. The second-order valence-corrected chi connectivity index (χ2v) is 6.79. The van der Waals surface area contributed by atoms with E-state index in [1.54, 1.807) is 6.92 Å². The Bertz CT molecular complexity index is 622. The average molecular weight is 386 g/mol. The molecule has 0 heterocycles. The van der Waals surface area contributed by atoms with Gasteiger partial charge in [0.25, 0.3) is 0 Å². The van der Waals surface area contributed by atoms with Crippen LogP contribution in [0.4, 0.5) is 8.78 Å². The molecule has 0 radical (unpaired) electrons. The molecular formula is C19H28F2N2O4. The third kappa shape index (κ3) is 8.01. The Labute approximate surface area is 158 Å². The second-order valence-electron chi connectivity index (χ2n) is 6.79. The number of nitrogens with one attached hydrogen (secondary N) is 2. The summed E-state index contributed by atoms with van der Waals surface area (Å²) in [5, 5.41) is 25.2. The number of amides is 2. The van der Waals surface area contributed by atoms with Crippen molar-refractivity contribution in [1.82, 2.24) is 10.6 Å². The van der Waals surface area contributed by atoms with Crippen LogP contribution in [0.5, 0.6) is 0 Å². The van der Waals surface area contributed by atoms with Crippen molar-refractivity contribution in [3.05, 3.63) is 35.4 Å². The van der Waals surface area contributed by atoms with Crippen LogP contribution >= 0.6 is 0 Å². The minimum atomic E-state index is -1.14. The summed E-state index contributed by atoms with van der Waals surface area (Å²) in [7, 11) is 0. The molecule has 2 amide bonds. The van der Waals surface area contributed by atoms with Gasteiger partial charge in [-0.15, -0.1) is 0 Å². The van der Waals surface area contributed by atoms with Gasteiger partial charge in [-0.25, -0.2) is 8.78 Å². The molecule has 1 aromatic carbocycles. The molecule has 0 saturated heterocycles. The SMILES string of the molecule is CCC(C)C(=O)NC(CO)C[C@H](O)[C@H](Cc1cc(F)cc(F)c1)NC(C)=O. The largest absolute Gasteiger partial charge is 0.394 e. The van der Waals surface area contributed by atoms with E-state index in [2.05, 4.69) is 10.6 Å². The summed E-state index contributed by atoms with van der Waals surface area (Å²) in [6.07, 6.45) is -0.546. The van der Waals surface area contributed by atoms with Crippen LogP contribution in [0.2, 0.25) is 0 Å². The predicted octanol–water partition coefficient (Wildman–Crippen LogP) is 1.29. The second kappa shape index (κ2) is 10.9. The molecule has 27 heavy (non-hydrogen) atoms. The van der Waals surface area contributed by atoms with Crippen LogP contribution in [0.15, 0.2) is 18.2 Å². The lowest BCUT2D eigenvalue weighted by Gasteiger charge is -2.27. The number of hydrogen-bond acceptors (Lipinski definition) is 4. The molecule has 0 aliphatic rings. The van der Waals surface area contributed by atoms with Gasteiger partial charge >= 0.3 is 0 Å². The van der Waals surface area contributed by atoms with E-state index < -0.39 is 35.7 Å². The van der Waals surface area contributed by atoms with E-state index in [-0.39, 0.29) is 36.8 Å². The fourth-order valence-electron chi connectivity index (χ4n) is 2.69. The molecule has 1 aromatic rings. The van der Waals surface area contributed by atoms with Gasteiger partial charge in [-0.1, -0.05) is 13.8 Å². The first kappa shape index (κ1) is 23.0.